The fourth-order valence-electron chi connectivity index (χ4n) is 1.60. The van der Waals surface area contributed by atoms with Gasteiger partial charge in [0.15, 0.2) is 5.60 Å². The molecule has 0 fully saturated rings. The molecular formula is C16H25ClN2O2S2. The predicted octanol–water partition coefficient (Wildman–Crippen LogP) is 3.56. The van der Waals surface area contributed by atoms with Gasteiger partial charge in [0.1, 0.15) is 5.75 Å². The molecule has 1 N–H and O–H groups in total. The maximum Gasteiger partial charge on any atom is 0.263 e. The maximum atomic E-state index is 12.2. The number of ether oxygens (including phenoxy) is 1. The molecule has 1 rings (SSSR count). The van der Waals surface area contributed by atoms with Crippen LogP contribution in [-0.4, -0.2) is 55.1 Å². The molecule has 23 heavy (non-hydrogen) atoms. The summed E-state index contributed by atoms with van der Waals surface area (Å²) < 4.78 is 5.75. The summed E-state index contributed by atoms with van der Waals surface area (Å²) in [5, 5.41) is 3.56. The van der Waals surface area contributed by atoms with Gasteiger partial charge in [-0.15, -0.1) is 0 Å². The van der Waals surface area contributed by atoms with Crippen molar-refractivity contribution in [3.63, 3.8) is 0 Å². The first kappa shape index (κ1) is 20.5. The highest BCUT2D eigenvalue weighted by atomic mass is 35.5. The van der Waals surface area contributed by atoms with Crippen molar-refractivity contribution in [2.75, 3.05) is 38.7 Å². The van der Waals surface area contributed by atoms with Crippen molar-refractivity contribution in [3.8, 4) is 5.75 Å². The van der Waals surface area contributed by atoms with Crippen molar-refractivity contribution in [2.45, 2.75) is 19.4 Å². The maximum absolute atomic E-state index is 12.2. The molecule has 0 aliphatic heterocycles. The number of hydrogen-bond donors (Lipinski definition) is 1. The molecule has 0 radical (unpaired) electrons. The lowest BCUT2D eigenvalue weighted by atomic mass is 10.1. The van der Waals surface area contributed by atoms with E-state index in [4.69, 9.17) is 16.3 Å². The van der Waals surface area contributed by atoms with Crippen LogP contribution in [0.2, 0.25) is 5.02 Å². The summed E-state index contributed by atoms with van der Waals surface area (Å²) in [4.78, 5) is 14.4. The van der Waals surface area contributed by atoms with Crippen LogP contribution in [0.25, 0.3) is 0 Å². The van der Waals surface area contributed by atoms with Crippen molar-refractivity contribution < 1.29 is 9.53 Å². The zero-order valence-electron chi connectivity index (χ0n) is 14.1. The number of nitrogens with one attached hydrogen (secondary N) is 1. The minimum atomic E-state index is -0.920. The van der Waals surface area contributed by atoms with Gasteiger partial charge in [0.05, 0.1) is 0 Å². The van der Waals surface area contributed by atoms with E-state index >= 15 is 0 Å². The Bertz CT molecular complexity index is 481. The molecule has 0 saturated carbocycles. The number of hydrogen-bond acceptors (Lipinski definition) is 5. The Kier molecular flexibility index (Phi) is 9.20. The predicted molar refractivity (Wildman–Crippen MR) is 103 cm³/mol. The molecule has 1 aromatic carbocycles. The zero-order valence-corrected chi connectivity index (χ0v) is 16.5. The van der Waals surface area contributed by atoms with E-state index in [2.05, 4.69) is 24.3 Å². The Morgan fingerprint density at radius 3 is 2.43 bits per heavy atom. The van der Waals surface area contributed by atoms with E-state index in [1.165, 1.54) is 0 Å². The van der Waals surface area contributed by atoms with Gasteiger partial charge in [0.2, 0.25) is 0 Å². The van der Waals surface area contributed by atoms with Crippen molar-refractivity contribution in [3.05, 3.63) is 29.3 Å². The van der Waals surface area contributed by atoms with Gasteiger partial charge in [0, 0.05) is 29.6 Å². The third-order valence-corrected chi connectivity index (χ3v) is 5.55. The zero-order chi connectivity index (χ0) is 17.3. The minimum Gasteiger partial charge on any atom is -0.478 e. The average Bonchev–Trinajstić information content (AvgIpc) is 2.48. The van der Waals surface area contributed by atoms with Gasteiger partial charge in [-0.1, -0.05) is 33.2 Å². The smallest absolute Gasteiger partial charge is 0.263 e. The van der Waals surface area contributed by atoms with Crippen LogP contribution in [0.15, 0.2) is 24.3 Å². The summed E-state index contributed by atoms with van der Waals surface area (Å²) in [6.07, 6.45) is 0. The highest BCUT2D eigenvalue weighted by Crippen LogP contribution is 2.22. The monoisotopic (exact) mass is 376 g/mol. The fourth-order valence-corrected chi connectivity index (χ4v) is 3.77. The highest BCUT2D eigenvalue weighted by Gasteiger charge is 2.29. The van der Waals surface area contributed by atoms with E-state index in [9.17, 15) is 4.79 Å². The third-order valence-electron chi connectivity index (χ3n) is 2.91. The number of nitrogens with zero attached hydrogens (tertiary/aromatic N) is 1. The second kappa shape index (κ2) is 10.3. The largest absolute Gasteiger partial charge is 0.478 e. The summed E-state index contributed by atoms with van der Waals surface area (Å²) in [5.74, 6) is 2.46. The van der Waals surface area contributed by atoms with Gasteiger partial charge in [-0.25, -0.2) is 0 Å². The molecule has 0 aliphatic rings. The molecular weight excluding hydrogens is 352 g/mol. The van der Waals surface area contributed by atoms with E-state index < -0.39 is 5.60 Å². The van der Waals surface area contributed by atoms with Gasteiger partial charge in [-0.05, 0) is 52.2 Å². The van der Waals surface area contributed by atoms with E-state index in [-0.39, 0.29) is 5.91 Å². The van der Waals surface area contributed by atoms with Gasteiger partial charge >= 0.3 is 0 Å². The van der Waals surface area contributed by atoms with Crippen LogP contribution in [0, 0.1) is 0 Å². The summed E-state index contributed by atoms with van der Waals surface area (Å²) in [6.45, 7) is 5.21. The molecule has 0 spiro atoms. The van der Waals surface area contributed by atoms with Crippen molar-refractivity contribution in [2.24, 2.45) is 0 Å². The van der Waals surface area contributed by atoms with Crippen molar-refractivity contribution in [1.82, 2.24) is 10.2 Å². The summed E-state index contributed by atoms with van der Waals surface area (Å²) >= 11 is 5.84. The molecule has 0 atom stereocenters. The molecule has 7 heteroatoms. The number of benzene rings is 1. The standard InChI is InChI=1S/C16H25ClN2O2S2/c1-16(2,21-14-7-5-13(17)6-8-14)15(20)18-9-11-22-23-12-10-19(3)4/h5-8H,9-12H2,1-4H3,(H,18,20). The number of amides is 1. The van der Waals surface area contributed by atoms with Crippen LogP contribution >= 0.6 is 33.2 Å². The molecule has 0 aliphatic carbocycles. The number of halogens is 1. The van der Waals surface area contributed by atoms with Crippen molar-refractivity contribution in [1.29, 1.82) is 0 Å². The first-order valence-corrected chi connectivity index (χ1v) is 10.3. The summed E-state index contributed by atoms with van der Waals surface area (Å²) in [5.41, 5.74) is -0.920. The second-order valence-corrected chi connectivity index (χ2v) is 8.91. The molecule has 0 heterocycles. The Balaban J connectivity index is 2.25. The van der Waals surface area contributed by atoms with Crippen LogP contribution in [0.5, 0.6) is 5.75 Å². The van der Waals surface area contributed by atoms with Crippen LogP contribution < -0.4 is 10.1 Å². The lowest BCUT2D eigenvalue weighted by Gasteiger charge is -2.25. The van der Waals surface area contributed by atoms with Crippen LogP contribution in [0.1, 0.15) is 13.8 Å². The third kappa shape index (κ3) is 8.74. The van der Waals surface area contributed by atoms with E-state index in [0.717, 1.165) is 18.1 Å². The number of rotatable bonds is 10. The Morgan fingerprint density at radius 1 is 1.22 bits per heavy atom. The number of carbonyl (C=O) groups is 1. The summed E-state index contributed by atoms with van der Waals surface area (Å²) in [6, 6.07) is 7.00. The van der Waals surface area contributed by atoms with E-state index in [1.54, 1.807) is 48.9 Å². The normalized spacial score (nSPS) is 11.6. The first-order valence-electron chi connectivity index (χ1n) is 7.43. The molecule has 1 amide bonds. The first-order chi connectivity index (χ1) is 10.8. The molecule has 0 bridgehead atoms. The van der Waals surface area contributed by atoms with Crippen molar-refractivity contribution >= 4 is 39.1 Å². The average molecular weight is 377 g/mol. The number of carbonyl (C=O) groups excluding carboxylic acids is 1. The fraction of sp³-hybridized carbons (Fsp3) is 0.562. The quantitative estimate of drug-likeness (QED) is 0.499. The molecule has 1 aromatic rings. The molecule has 0 aromatic heterocycles. The van der Waals surface area contributed by atoms with Crippen LogP contribution in [0.4, 0.5) is 0 Å². The van der Waals surface area contributed by atoms with Gasteiger partial charge in [-0.2, -0.15) is 0 Å². The Hall–Kier alpha value is -0.560. The Labute approximate surface area is 152 Å². The van der Waals surface area contributed by atoms with E-state index in [1.807, 2.05) is 10.8 Å². The molecule has 4 nitrogen and oxygen atoms in total. The topological polar surface area (TPSA) is 41.6 Å². The molecule has 0 unspecified atom stereocenters. The lowest BCUT2D eigenvalue weighted by Crippen LogP contribution is -2.47. The van der Waals surface area contributed by atoms with Crippen LogP contribution in [0.3, 0.4) is 0 Å². The minimum absolute atomic E-state index is 0.119. The van der Waals surface area contributed by atoms with Crippen LogP contribution in [-0.2, 0) is 4.79 Å². The molecule has 130 valence electrons. The van der Waals surface area contributed by atoms with E-state index in [0.29, 0.717) is 17.3 Å². The van der Waals surface area contributed by atoms with Gasteiger partial charge in [-0.3, -0.25) is 4.79 Å². The molecule has 0 saturated heterocycles. The SMILES string of the molecule is CN(C)CCSSCCNC(=O)C(C)(C)Oc1ccc(Cl)cc1. The lowest BCUT2D eigenvalue weighted by molar-refractivity contribution is -0.134. The van der Waals surface area contributed by atoms with Gasteiger partial charge < -0.3 is 15.0 Å². The summed E-state index contributed by atoms with van der Waals surface area (Å²) in [7, 11) is 7.73. The Morgan fingerprint density at radius 2 is 1.83 bits per heavy atom. The van der Waals surface area contributed by atoms with Gasteiger partial charge in [0.25, 0.3) is 5.91 Å². The highest BCUT2D eigenvalue weighted by molar-refractivity contribution is 8.76. The second-order valence-electron chi connectivity index (χ2n) is 5.77.